The third-order valence-corrected chi connectivity index (χ3v) is 6.74. The molecule has 1 heterocycles. The number of nitrogens with zero attached hydrogens (tertiary/aromatic N) is 1. The summed E-state index contributed by atoms with van der Waals surface area (Å²) in [6.07, 6.45) is 2.22. The topological polar surface area (TPSA) is 75.7 Å². The second kappa shape index (κ2) is 8.82. The maximum atomic E-state index is 12.9. The predicted octanol–water partition coefficient (Wildman–Crippen LogP) is 5.34. The molecular formula is C26H29ClN2O4. The van der Waals surface area contributed by atoms with Crippen molar-refractivity contribution in [3.63, 3.8) is 0 Å². The number of benzene rings is 2. The van der Waals surface area contributed by atoms with Gasteiger partial charge in [0.15, 0.2) is 0 Å². The van der Waals surface area contributed by atoms with Gasteiger partial charge in [-0.2, -0.15) is 0 Å². The molecule has 2 aromatic carbocycles. The fourth-order valence-electron chi connectivity index (χ4n) is 4.89. The first-order valence-electron chi connectivity index (χ1n) is 11.3. The molecule has 0 atom stereocenters. The van der Waals surface area contributed by atoms with Gasteiger partial charge >= 0.3 is 6.09 Å². The second-order valence-electron chi connectivity index (χ2n) is 9.90. The van der Waals surface area contributed by atoms with Crippen molar-refractivity contribution in [2.24, 2.45) is 0 Å². The van der Waals surface area contributed by atoms with Gasteiger partial charge in [-0.15, -0.1) is 0 Å². The van der Waals surface area contributed by atoms with Crippen molar-refractivity contribution in [3.8, 4) is 0 Å². The number of carbonyl (C=O) groups excluding carboxylic acids is 3. The molecule has 0 radical (unpaired) electrons. The van der Waals surface area contributed by atoms with Gasteiger partial charge in [0, 0.05) is 23.0 Å². The number of amides is 3. The van der Waals surface area contributed by atoms with Gasteiger partial charge in [-0.3, -0.25) is 14.5 Å². The number of fused-ring (bicyclic) bond motifs is 1. The number of carbonyl (C=O) groups is 3. The average Bonchev–Trinajstić information content (AvgIpc) is 3.02. The molecule has 1 aliphatic heterocycles. The zero-order valence-electron chi connectivity index (χ0n) is 19.2. The first kappa shape index (κ1) is 23.3. The van der Waals surface area contributed by atoms with Crippen LogP contribution in [0.4, 0.5) is 4.79 Å². The van der Waals surface area contributed by atoms with E-state index in [1.807, 2.05) is 45.0 Å². The van der Waals surface area contributed by atoms with Gasteiger partial charge < -0.3 is 10.1 Å². The maximum Gasteiger partial charge on any atom is 0.407 e. The number of hydrogen-bond acceptors (Lipinski definition) is 4. The summed E-state index contributed by atoms with van der Waals surface area (Å²) < 4.78 is 5.43. The van der Waals surface area contributed by atoms with Crippen LogP contribution in [-0.4, -0.2) is 41.0 Å². The monoisotopic (exact) mass is 468 g/mol. The third kappa shape index (κ3) is 4.76. The molecule has 1 N–H and O–H groups in total. The Morgan fingerprint density at radius 3 is 2.21 bits per heavy atom. The van der Waals surface area contributed by atoms with E-state index in [2.05, 4.69) is 5.32 Å². The maximum absolute atomic E-state index is 12.9. The second-order valence-corrected chi connectivity index (χ2v) is 10.3. The number of rotatable bonds is 4. The molecule has 6 nitrogen and oxygen atoms in total. The summed E-state index contributed by atoms with van der Waals surface area (Å²) in [4.78, 5) is 39.7. The van der Waals surface area contributed by atoms with Crippen LogP contribution in [0.1, 0.15) is 72.7 Å². The summed E-state index contributed by atoms with van der Waals surface area (Å²) in [6, 6.07) is 14.5. The van der Waals surface area contributed by atoms with Crippen LogP contribution in [0.3, 0.4) is 0 Å². The van der Waals surface area contributed by atoms with Crippen molar-refractivity contribution < 1.29 is 19.1 Å². The summed E-state index contributed by atoms with van der Waals surface area (Å²) in [5.74, 6) is -0.439. The minimum Gasteiger partial charge on any atom is -0.444 e. The summed E-state index contributed by atoms with van der Waals surface area (Å²) >= 11 is 6.29. The predicted molar refractivity (Wildman–Crippen MR) is 127 cm³/mol. The van der Waals surface area contributed by atoms with E-state index in [1.54, 1.807) is 24.3 Å². The van der Waals surface area contributed by atoms with Gasteiger partial charge in [0.1, 0.15) is 5.60 Å². The van der Waals surface area contributed by atoms with Gasteiger partial charge in [-0.05, 0) is 76.3 Å². The Morgan fingerprint density at radius 1 is 1.06 bits per heavy atom. The molecule has 0 bridgehead atoms. The number of halogens is 1. The van der Waals surface area contributed by atoms with Crippen molar-refractivity contribution in [1.29, 1.82) is 0 Å². The summed E-state index contributed by atoms with van der Waals surface area (Å²) in [6.45, 7) is 5.86. The van der Waals surface area contributed by atoms with Crippen molar-refractivity contribution in [3.05, 3.63) is 70.2 Å². The third-order valence-electron chi connectivity index (χ3n) is 6.51. The highest BCUT2D eigenvalue weighted by molar-refractivity contribution is 6.30. The minimum atomic E-state index is -0.587. The van der Waals surface area contributed by atoms with Crippen LogP contribution in [0.2, 0.25) is 5.02 Å². The lowest BCUT2D eigenvalue weighted by molar-refractivity contribution is 0.0480. The van der Waals surface area contributed by atoms with Crippen LogP contribution >= 0.6 is 11.6 Å². The Bertz CT molecular complexity index is 1050. The zero-order chi connectivity index (χ0) is 23.8. The minimum absolute atomic E-state index is 0.175. The molecule has 1 saturated carbocycles. The molecule has 0 saturated heterocycles. The highest BCUT2D eigenvalue weighted by Gasteiger charge is 2.45. The lowest BCUT2D eigenvalue weighted by Crippen LogP contribution is -2.49. The number of ether oxygens (including phenoxy) is 1. The molecule has 2 aliphatic rings. The molecule has 1 fully saturated rings. The van der Waals surface area contributed by atoms with Crippen LogP contribution in [-0.2, 0) is 10.2 Å². The van der Waals surface area contributed by atoms with Crippen LogP contribution in [0.25, 0.3) is 0 Å². The summed E-state index contributed by atoms with van der Waals surface area (Å²) in [5.41, 5.74) is 1.03. The highest BCUT2D eigenvalue weighted by atomic mass is 35.5. The van der Waals surface area contributed by atoms with Gasteiger partial charge in [0.25, 0.3) is 11.8 Å². The molecular weight excluding hydrogens is 440 g/mol. The lowest BCUT2D eigenvalue weighted by Gasteiger charge is -2.42. The van der Waals surface area contributed by atoms with E-state index >= 15 is 0 Å². The smallest absolute Gasteiger partial charge is 0.407 e. The molecule has 1 aliphatic carbocycles. The molecule has 7 heteroatoms. The number of nitrogens with one attached hydrogen (secondary N) is 1. The Hall–Kier alpha value is -2.86. The van der Waals surface area contributed by atoms with Crippen molar-refractivity contribution in [1.82, 2.24) is 10.2 Å². The first-order chi connectivity index (χ1) is 15.6. The van der Waals surface area contributed by atoms with E-state index in [0.717, 1.165) is 5.56 Å². The van der Waals surface area contributed by atoms with Gasteiger partial charge in [0.2, 0.25) is 0 Å². The highest BCUT2D eigenvalue weighted by Crippen LogP contribution is 2.42. The summed E-state index contributed by atoms with van der Waals surface area (Å²) in [5, 5.41) is 3.56. The van der Waals surface area contributed by atoms with Crippen LogP contribution < -0.4 is 5.32 Å². The number of hydrogen-bond donors (Lipinski definition) is 1. The van der Waals surface area contributed by atoms with Gasteiger partial charge in [-0.25, -0.2) is 4.79 Å². The van der Waals surface area contributed by atoms with Gasteiger partial charge in [0.05, 0.1) is 11.1 Å². The van der Waals surface area contributed by atoms with E-state index in [-0.39, 0.29) is 23.3 Å². The summed E-state index contributed by atoms with van der Waals surface area (Å²) in [7, 11) is 0. The molecule has 3 amide bonds. The van der Waals surface area contributed by atoms with Crippen LogP contribution in [0.15, 0.2) is 48.5 Å². The molecule has 0 aromatic heterocycles. The molecule has 2 aromatic rings. The van der Waals surface area contributed by atoms with E-state index in [9.17, 15) is 14.4 Å². The molecule has 174 valence electrons. The fraction of sp³-hybridized carbons (Fsp3) is 0.423. The van der Waals surface area contributed by atoms with E-state index in [4.69, 9.17) is 16.3 Å². The average molecular weight is 469 g/mol. The Balaban J connectivity index is 1.53. The van der Waals surface area contributed by atoms with Crippen LogP contribution in [0.5, 0.6) is 0 Å². The molecule has 4 rings (SSSR count). The van der Waals surface area contributed by atoms with E-state index < -0.39 is 11.7 Å². The van der Waals surface area contributed by atoms with Crippen molar-refractivity contribution in [2.45, 2.75) is 63.5 Å². The Kier molecular flexibility index (Phi) is 6.23. The fourth-order valence-corrected chi connectivity index (χ4v) is 5.08. The molecule has 33 heavy (non-hydrogen) atoms. The van der Waals surface area contributed by atoms with Crippen LogP contribution in [0, 0.1) is 0 Å². The SMILES string of the molecule is CC(C)(C)OC(=O)NC[C@]1(c2cccc(Cl)c2)CC[C@@H](N2C(=O)c3ccccc3C2=O)CC1. The standard InChI is InChI=1S/C26H29ClN2O4/c1-25(2,3)33-24(32)28-16-26(17-7-6-8-18(27)15-17)13-11-19(12-14-26)29-22(30)20-9-4-5-10-21(20)23(29)31/h4-10,15,19H,11-14,16H2,1-3H3,(H,28,32)/t19-,26+. The van der Waals surface area contributed by atoms with Crippen molar-refractivity contribution in [2.75, 3.05) is 6.54 Å². The normalized spacial score (nSPS) is 22.8. The zero-order valence-corrected chi connectivity index (χ0v) is 19.9. The Labute approximate surface area is 199 Å². The Morgan fingerprint density at radius 2 is 1.67 bits per heavy atom. The molecule has 0 unspecified atom stereocenters. The number of imide groups is 1. The number of alkyl carbamates (subject to hydrolysis) is 1. The quantitative estimate of drug-likeness (QED) is 0.614. The molecule has 0 spiro atoms. The van der Waals surface area contributed by atoms with Gasteiger partial charge in [-0.1, -0.05) is 35.9 Å². The lowest BCUT2D eigenvalue weighted by atomic mass is 9.68. The first-order valence-corrected chi connectivity index (χ1v) is 11.7. The van der Waals surface area contributed by atoms with Crippen molar-refractivity contribution >= 4 is 29.5 Å². The largest absolute Gasteiger partial charge is 0.444 e. The van der Waals surface area contributed by atoms with E-state index in [1.165, 1.54) is 4.90 Å². The van der Waals surface area contributed by atoms with E-state index in [0.29, 0.717) is 48.4 Å².